The van der Waals surface area contributed by atoms with E-state index in [0.29, 0.717) is 27.8 Å². The summed E-state index contributed by atoms with van der Waals surface area (Å²) < 4.78 is 38.6. The fraction of sp³-hybridized carbons (Fsp3) is 0.278. The number of nitrogens with zero attached hydrogens (tertiary/aromatic N) is 1. The summed E-state index contributed by atoms with van der Waals surface area (Å²) in [6.07, 6.45) is 1.80. The second-order valence-corrected chi connectivity index (χ2v) is 6.72. The lowest BCUT2D eigenvalue weighted by molar-refractivity contribution is 0.0728. The molecule has 0 heterocycles. The van der Waals surface area contributed by atoms with Crippen LogP contribution in [0.1, 0.15) is 28.8 Å². The van der Waals surface area contributed by atoms with Crippen molar-refractivity contribution in [1.29, 1.82) is 0 Å². The van der Waals surface area contributed by atoms with Crippen LogP contribution in [-0.4, -0.2) is 22.6 Å². The first kappa shape index (κ1) is 16.9. The Morgan fingerprint density at radius 1 is 1.12 bits per heavy atom. The van der Waals surface area contributed by atoms with Gasteiger partial charge < -0.3 is 4.90 Å². The number of carbonyl (C=O) groups excluding carboxylic acids is 1. The van der Waals surface area contributed by atoms with Gasteiger partial charge in [0, 0.05) is 28.6 Å². The van der Waals surface area contributed by atoms with Crippen LogP contribution in [-0.2, 0) is 6.54 Å². The molecule has 0 saturated heterocycles. The average Bonchev–Trinajstić information content (AvgIpc) is 3.38. The van der Waals surface area contributed by atoms with Gasteiger partial charge in [-0.1, -0.05) is 30.0 Å². The maximum atomic E-state index is 13.9. The van der Waals surface area contributed by atoms with E-state index >= 15 is 0 Å². The Morgan fingerprint density at radius 2 is 1.79 bits per heavy atom. The maximum Gasteiger partial charge on any atom is 0.288 e. The third-order valence-electron chi connectivity index (χ3n) is 3.87. The van der Waals surface area contributed by atoms with Crippen LogP contribution < -0.4 is 0 Å². The van der Waals surface area contributed by atoms with Crippen molar-refractivity contribution in [2.45, 2.75) is 36.1 Å². The zero-order chi connectivity index (χ0) is 17.1. The fourth-order valence-corrected chi connectivity index (χ4v) is 3.01. The molecule has 2 aromatic carbocycles. The molecule has 0 aliphatic heterocycles. The van der Waals surface area contributed by atoms with Crippen LogP contribution in [0.4, 0.5) is 13.2 Å². The highest BCUT2D eigenvalue weighted by atomic mass is 32.2. The van der Waals surface area contributed by atoms with Crippen molar-refractivity contribution in [2.24, 2.45) is 0 Å². The van der Waals surface area contributed by atoms with Crippen molar-refractivity contribution in [2.75, 3.05) is 0 Å². The number of alkyl halides is 2. The Bertz CT molecular complexity index is 716. The van der Waals surface area contributed by atoms with Gasteiger partial charge in [0.15, 0.2) is 0 Å². The van der Waals surface area contributed by atoms with Crippen LogP contribution in [0.15, 0.2) is 53.4 Å². The molecule has 1 amide bonds. The lowest BCUT2D eigenvalue weighted by atomic mass is 10.1. The first-order valence-electron chi connectivity index (χ1n) is 7.64. The lowest BCUT2D eigenvalue weighted by Crippen LogP contribution is -2.32. The Morgan fingerprint density at radius 3 is 2.38 bits per heavy atom. The summed E-state index contributed by atoms with van der Waals surface area (Å²) >= 11 is 0.443. The second-order valence-electron chi connectivity index (χ2n) is 5.66. The zero-order valence-electron chi connectivity index (χ0n) is 12.8. The minimum atomic E-state index is -2.49. The third kappa shape index (κ3) is 4.12. The molecule has 2 nitrogen and oxygen atoms in total. The van der Waals surface area contributed by atoms with E-state index < -0.39 is 5.76 Å². The topological polar surface area (TPSA) is 20.3 Å². The summed E-state index contributed by atoms with van der Waals surface area (Å²) in [5, 5.41) is 0. The molecule has 24 heavy (non-hydrogen) atoms. The summed E-state index contributed by atoms with van der Waals surface area (Å²) in [6, 6.07) is 12.6. The van der Waals surface area contributed by atoms with Crippen molar-refractivity contribution in [1.82, 2.24) is 4.90 Å². The van der Waals surface area contributed by atoms with Crippen LogP contribution in [0, 0.1) is 5.82 Å². The van der Waals surface area contributed by atoms with Crippen molar-refractivity contribution >= 4 is 17.7 Å². The number of hydrogen-bond acceptors (Lipinski definition) is 2. The van der Waals surface area contributed by atoms with E-state index in [2.05, 4.69) is 0 Å². The molecular weight excluding hydrogens is 335 g/mol. The Hall–Kier alpha value is -1.95. The number of amides is 1. The number of carbonyl (C=O) groups is 1. The van der Waals surface area contributed by atoms with Crippen molar-refractivity contribution in [3.63, 3.8) is 0 Å². The minimum absolute atomic E-state index is 0.118. The van der Waals surface area contributed by atoms with E-state index in [4.69, 9.17) is 0 Å². The van der Waals surface area contributed by atoms with Gasteiger partial charge in [-0.2, -0.15) is 8.78 Å². The smallest absolute Gasteiger partial charge is 0.288 e. The molecule has 3 rings (SSSR count). The molecule has 0 atom stereocenters. The molecule has 1 aliphatic rings. The van der Waals surface area contributed by atoms with Gasteiger partial charge >= 0.3 is 0 Å². The number of rotatable bonds is 6. The van der Waals surface area contributed by atoms with E-state index in [-0.39, 0.29) is 24.3 Å². The summed E-state index contributed by atoms with van der Waals surface area (Å²) in [6.45, 7) is 0.212. The monoisotopic (exact) mass is 351 g/mol. The average molecular weight is 351 g/mol. The number of thioether (sulfide) groups is 1. The SMILES string of the molecule is O=C(c1ccc(SC(F)F)cc1)N(Cc1ccccc1F)C1CC1. The molecule has 1 aliphatic carbocycles. The highest BCUT2D eigenvalue weighted by Gasteiger charge is 2.33. The summed E-state index contributed by atoms with van der Waals surface area (Å²) in [4.78, 5) is 14.8. The molecule has 6 heteroatoms. The van der Waals surface area contributed by atoms with Gasteiger partial charge in [0.25, 0.3) is 11.7 Å². The summed E-state index contributed by atoms with van der Waals surface area (Å²) in [5.41, 5.74) is 0.902. The van der Waals surface area contributed by atoms with Crippen molar-refractivity contribution in [3.05, 3.63) is 65.5 Å². The molecule has 126 valence electrons. The van der Waals surface area contributed by atoms with E-state index in [9.17, 15) is 18.0 Å². The minimum Gasteiger partial charge on any atom is -0.331 e. The van der Waals surface area contributed by atoms with Crippen molar-refractivity contribution < 1.29 is 18.0 Å². The predicted molar refractivity (Wildman–Crippen MR) is 87.6 cm³/mol. The molecule has 2 aromatic rings. The molecule has 0 spiro atoms. The molecule has 1 saturated carbocycles. The normalized spacial score (nSPS) is 14.0. The highest BCUT2D eigenvalue weighted by molar-refractivity contribution is 7.99. The highest BCUT2D eigenvalue weighted by Crippen LogP contribution is 2.31. The van der Waals surface area contributed by atoms with Gasteiger partial charge in [0.05, 0.1) is 0 Å². The largest absolute Gasteiger partial charge is 0.331 e. The Labute approximate surface area is 142 Å². The van der Waals surface area contributed by atoms with Gasteiger partial charge in [-0.15, -0.1) is 0 Å². The molecule has 0 bridgehead atoms. The fourth-order valence-electron chi connectivity index (χ4n) is 2.51. The van der Waals surface area contributed by atoms with Gasteiger partial charge in [0.2, 0.25) is 0 Å². The van der Waals surface area contributed by atoms with Crippen LogP contribution in [0.5, 0.6) is 0 Å². The van der Waals surface area contributed by atoms with Crippen LogP contribution in [0.25, 0.3) is 0 Å². The first-order valence-corrected chi connectivity index (χ1v) is 8.52. The number of benzene rings is 2. The molecule has 0 N–H and O–H groups in total. The summed E-state index contributed by atoms with van der Waals surface area (Å²) in [5.74, 6) is -3.02. The predicted octanol–water partition coefficient (Wildman–Crippen LogP) is 4.95. The van der Waals surface area contributed by atoms with Crippen molar-refractivity contribution in [3.8, 4) is 0 Å². The first-order chi connectivity index (χ1) is 11.5. The Kier molecular flexibility index (Phi) is 5.14. The zero-order valence-corrected chi connectivity index (χ0v) is 13.6. The quantitative estimate of drug-likeness (QED) is 0.687. The van der Waals surface area contributed by atoms with Crippen LogP contribution in [0.2, 0.25) is 0 Å². The van der Waals surface area contributed by atoms with Crippen LogP contribution >= 0.6 is 11.8 Å². The molecule has 0 radical (unpaired) electrons. The molecule has 1 fully saturated rings. The Balaban J connectivity index is 1.76. The standard InChI is InChI=1S/C18H16F3NOS/c19-16-4-2-1-3-13(16)11-22(14-7-8-14)17(23)12-5-9-15(10-6-12)24-18(20)21/h1-6,9-10,14,18H,7-8,11H2. The number of hydrogen-bond donors (Lipinski definition) is 0. The van der Waals surface area contributed by atoms with E-state index in [1.165, 1.54) is 18.2 Å². The second kappa shape index (κ2) is 7.30. The van der Waals surface area contributed by atoms with Gasteiger partial charge in [0.1, 0.15) is 5.82 Å². The van der Waals surface area contributed by atoms with Gasteiger partial charge in [-0.3, -0.25) is 4.79 Å². The van der Waals surface area contributed by atoms with Gasteiger partial charge in [-0.25, -0.2) is 4.39 Å². The van der Waals surface area contributed by atoms with E-state index in [1.54, 1.807) is 35.2 Å². The van der Waals surface area contributed by atoms with Crippen LogP contribution in [0.3, 0.4) is 0 Å². The van der Waals surface area contributed by atoms with Gasteiger partial charge in [-0.05, 0) is 43.2 Å². The molecular formula is C18H16F3NOS. The summed E-state index contributed by atoms with van der Waals surface area (Å²) in [7, 11) is 0. The molecule has 0 aromatic heterocycles. The lowest BCUT2D eigenvalue weighted by Gasteiger charge is -2.23. The van der Waals surface area contributed by atoms with E-state index in [1.807, 2.05) is 0 Å². The number of halogens is 3. The third-order valence-corrected chi connectivity index (χ3v) is 4.60. The van der Waals surface area contributed by atoms with E-state index in [0.717, 1.165) is 12.8 Å². The maximum absolute atomic E-state index is 13.9. The molecule has 0 unspecified atom stereocenters.